The smallest absolute Gasteiger partial charge is 0.316 e. The van der Waals surface area contributed by atoms with Gasteiger partial charge in [-0.05, 0) is 25.0 Å². The first-order valence-corrected chi connectivity index (χ1v) is 5.20. The molecule has 1 aliphatic carbocycles. The van der Waals surface area contributed by atoms with Crippen molar-refractivity contribution in [2.75, 3.05) is 7.11 Å². The van der Waals surface area contributed by atoms with Crippen molar-refractivity contribution in [2.45, 2.75) is 18.8 Å². The summed E-state index contributed by atoms with van der Waals surface area (Å²) in [4.78, 5) is 10.9. The van der Waals surface area contributed by atoms with E-state index in [9.17, 15) is 13.6 Å². The van der Waals surface area contributed by atoms with Gasteiger partial charge in [-0.15, -0.1) is 0 Å². The maximum absolute atomic E-state index is 14.1. The second-order valence-corrected chi connectivity index (χ2v) is 4.19. The number of hydrogen-bond acceptors (Lipinski definition) is 2. The Labute approximate surface area is 97.0 Å². The molecular weight excluding hydrogens is 230 g/mol. The third-order valence-corrected chi connectivity index (χ3v) is 3.19. The molecule has 0 bridgehead atoms. The Hall–Kier alpha value is -1.65. The van der Waals surface area contributed by atoms with E-state index in [1.807, 2.05) is 0 Å². The van der Waals surface area contributed by atoms with Crippen molar-refractivity contribution in [3.05, 3.63) is 29.8 Å². The lowest BCUT2D eigenvalue weighted by molar-refractivity contribution is -0.163. The van der Waals surface area contributed by atoms with E-state index in [-0.39, 0.29) is 18.4 Å². The molecule has 0 spiro atoms. The van der Waals surface area contributed by atoms with E-state index in [0.29, 0.717) is 5.75 Å². The molecule has 1 fully saturated rings. The van der Waals surface area contributed by atoms with Crippen LogP contribution in [0.15, 0.2) is 24.3 Å². The van der Waals surface area contributed by atoms with Crippen LogP contribution in [-0.4, -0.2) is 18.2 Å². The van der Waals surface area contributed by atoms with Crippen molar-refractivity contribution in [3.63, 3.8) is 0 Å². The number of methoxy groups -OCH3 is 1. The van der Waals surface area contributed by atoms with Crippen molar-refractivity contribution in [1.29, 1.82) is 0 Å². The van der Waals surface area contributed by atoms with Crippen LogP contribution < -0.4 is 4.74 Å². The van der Waals surface area contributed by atoms with Gasteiger partial charge in [-0.2, -0.15) is 0 Å². The maximum Gasteiger partial charge on any atom is 0.316 e. The molecule has 92 valence electrons. The van der Waals surface area contributed by atoms with Gasteiger partial charge in [0.25, 0.3) is 5.92 Å². The predicted molar refractivity (Wildman–Crippen MR) is 56.2 cm³/mol. The van der Waals surface area contributed by atoms with Gasteiger partial charge in [0.2, 0.25) is 0 Å². The maximum atomic E-state index is 14.1. The average Bonchev–Trinajstić information content (AvgIpc) is 3.10. The van der Waals surface area contributed by atoms with Gasteiger partial charge in [-0.1, -0.05) is 12.1 Å². The van der Waals surface area contributed by atoms with Crippen LogP contribution in [0.5, 0.6) is 5.75 Å². The molecule has 0 radical (unpaired) electrons. The molecule has 17 heavy (non-hydrogen) atoms. The van der Waals surface area contributed by atoms with E-state index in [1.165, 1.54) is 25.3 Å². The van der Waals surface area contributed by atoms with Crippen LogP contribution >= 0.6 is 0 Å². The zero-order valence-electron chi connectivity index (χ0n) is 9.24. The number of hydrogen-bond donors (Lipinski definition) is 1. The standard InChI is InChI=1S/C12H12F2O3/c1-17-9-4-2-3-8(7-9)12(13,14)11(5-6-11)10(15)16/h2-4,7H,5-6H2,1H3,(H,15,16). The molecule has 3 nitrogen and oxygen atoms in total. The van der Waals surface area contributed by atoms with Crippen molar-refractivity contribution in [2.24, 2.45) is 5.41 Å². The molecule has 0 aliphatic heterocycles. The largest absolute Gasteiger partial charge is 0.497 e. The van der Waals surface area contributed by atoms with Crippen LogP contribution in [0.3, 0.4) is 0 Å². The lowest BCUT2D eigenvalue weighted by Gasteiger charge is -2.23. The first kappa shape index (κ1) is 11.8. The number of carbonyl (C=O) groups is 1. The molecule has 0 unspecified atom stereocenters. The number of benzene rings is 1. The lowest BCUT2D eigenvalue weighted by Crippen LogP contribution is -2.34. The highest BCUT2D eigenvalue weighted by Crippen LogP contribution is 2.61. The molecule has 0 atom stereocenters. The number of rotatable bonds is 4. The van der Waals surface area contributed by atoms with Crippen molar-refractivity contribution < 1.29 is 23.4 Å². The first-order valence-electron chi connectivity index (χ1n) is 5.20. The molecule has 1 saturated carbocycles. The molecule has 1 N–H and O–H groups in total. The number of alkyl halides is 2. The zero-order chi connectivity index (χ0) is 12.7. The predicted octanol–water partition coefficient (Wildman–Crippen LogP) is 2.65. The zero-order valence-corrected chi connectivity index (χ0v) is 9.24. The number of aliphatic carboxylic acids is 1. The van der Waals surface area contributed by atoms with Gasteiger partial charge in [0.05, 0.1) is 7.11 Å². The summed E-state index contributed by atoms with van der Waals surface area (Å²) in [5.41, 5.74) is -2.24. The average molecular weight is 242 g/mol. The van der Waals surface area contributed by atoms with Gasteiger partial charge in [0.15, 0.2) is 0 Å². The number of carboxylic acid groups (broad SMARTS) is 1. The molecular formula is C12H12F2O3. The summed E-state index contributed by atoms with van der Waals surface area (Å²) >= 11 is 0. The number of carboxylic acids is 1. The fourth-order valence-corrected chi connectivity index (χ4v) is 1.88. The second-order valence-electron chi connectivity index (χ2n) is 4.19. The summed E-state index contributed by atoms with van der Waals surface area (Å²) in [5.74, 6) is -4.51. The van der Waals surface area contributed by atoms with Gasteiger partial charge < -0.3 is 9.84 Å². The summed E-state index contributed by atoms with van der Waals surface area (Å²) in [7, 11) is 1.38. The van der Waals surface area contributed by atoms with E-state index >= 15 is 0 Å². The summed E-state index contributed by atoms with van der Waals surface area (Å²) < 4.78 is 33.1. The van der Waals surface area contributed by atoms with E-state index in [0.717, 1.165) is 0 Å². The van der Waals surface area contributed by atoms with Crippen molar-refractivity contribution in [1.82, 2.24) is 0 Å². The highest BCUT2D eigenvalue weighted by Gasteiger charge is 2.68. The van der Waals surface area contributed by atoms with Crippen LogP contribution in [0.2, 0.25) is 0 Å². The van der Waals surface area contributed by atoms with Crippen LogP contribution in [0, 0.1) is 5.41 Å². The number of halogens is 2. The molecule has 1 aliphatic rings. The Balaban J connectivity index is 2.41. The topological polar surface area (TPSA) is 46.5 Å². The summed E-state index contributed by atoms with van der Waals surface area (Å²) in [5, 5.41) is 8.92. The van der Waals surface area contributed by atoms with Crippen molar-refractivity contribution >= 4 is 5.97 Å². The third-order valence-electron chi connectivity index (χ3n) is 3.19. The molecule has 0 saturated heterocycles. The third kappa shape index (κ3) is 1.66. The van der Waals surface area contributed by atoms with Gasteiger partial charge in [0.1, 0.15) is 11.2 Å². The first-order chi connectivity index (χ1) is 7.94. The van der Waals surface area contributed by atoms with E-state index in [1.54, 1.807) is 6.07 Å². The quantitative estimate of drug-likeness (QED) is 0.882. The Morgan fingerprint density at radius 3 is 2.59 bits per heavy atom. The minimum atomic E-state index is -3.37. The SMILES string of the molecule is COc1cccc(C(F)(F)C2(C(=O)O)CC2)c1. The molecule has 1 aromatic carbocycles. The Morgan fingerprint density at radius 2 is 2.12 bits per heavy atom. The minimum absolute atomic E-state index is 0.00649. The van der Waals surface area contributed by atoms with Gasteiger partial charge in [-0.25, -0.2) is 8.78 Å². The molecule has 0 heterocycles. The van der Waals surface area contributed by atoms with E-state index in [4.69, 9.17) is 9.84 Å². The highest BCUT2D eigenvalue weighted by atomic mass is 19.3. The summed E-state index contributed by atoms with van der Waals surface area (Å²) in [6.07, 6.45) is 0.0130. The molecule has 1 aromatic rings. The molecule has 5 heteroatoms. The minimum Gasteiger partial charge on any atom is -0.497 e. The Bertz CT molecular complexity index is 453. The van der Waals surface area contributed by atoms with E-state index in [2.05, 4.69) is 0 Å². The molecule has 2 rings (SSSR count). The fraction of sp³-hybridized carbons (Fsp3) is 0.417. The second kappa shape index (κ2) is 3.68. The van der Waals surface area contributed by atoms with Crippen LogP contribution in [-0.2, 0) is 10.7 Å². The van der Waals surface area contributed by atoms with Crippen LogP contribution in [0.1, 0.15) is 18.4 Å². The monoisotopic (exact) mass is 242 g/mol. The molecule has 0 aromatic heterocycles. The fourth-order valence-electron chi connectivity index (χ4n) is 1.88. The van der Waals surface area contributed by atoms with Gasteiger partial charge >= 0.3 is 5.97 Å². The number of ether oxygens (including phenoxy) is 1. The van der Waals surface area contributed by atoms with Gasteiger partial charge in [-0.3, -0.25) is 4.79 Å². The Kier molecular flexibility index (Phi) is 2.56. The van der Waals surface area contributed by atoms with Crippen LogP contribution in [0.25, 0.3) is 0 Å². The normalized spacial score (nSPS) is 17.6. The molecule has 0 amide bonds. The Morgan fingerprint density at radius 1 is 1.47 bits per heavy atom. The highest BCUT2D eigenvalue weighted by molar-refractivity contribution is 5.79. The summed E-state index contributed by atoms with van der Waals surface area (Å²) in [6.45, 7) is 0. The van der Waals surface area contributed by atoms with E-state index < -0.39 is 17.3 Å². The van der Waals surface area contributed by atoms with Gasteiger partial charge in [0, 0.05) is 5.56 Å². The van der Waals surface area contributed by atoms with Crippen molar-refractivity contribution in [3.8, 4) is 5.75 Å². The lowest BCUT2D eigenvalue weighted by atomic mass is 9.91. The summed E-state index contributed by atoms with van der Waals surface area (Å²) in [6, 6.07) is 5.38. The van der Waals surface area contributed by atoms with Crippen LogP contribution in [0.4, 0.5) is 8.78 Å².